The van der Waals surface area contributed by atoms with E-state index in [1.54, 1.807) is 6.07 Å². The van der Waals surface area contributed by atoms with Gasteiger partial charge in [-0.05, 0) is 51.0 Å². The largest absolute Gasteiger partial charge is 0.476 e. The van der Waals surface area contributed by atoms with Crippen LogP contribution in [-0.2, 0) is 0 Å². The molecular weight excluding hydrogens is 242 g/mol. The van der Waals surface area contributed by atoms with Gasteiger partial charge in [-0.25, -0.2) is 9.78 Å². The van der Waals surface area contributed by atoms with E-state index in [4.69, 9.17) is 5.11 Å². The molecule has 1 aromatic rings. The van der Waals surface area contributed by atoms with Crippen LogP contribution in [0.15, 0.2) is 18.3 Å². The molecule has 1 aliphatic rings. The van der Waals surface area contributed by atoms with Gasteiger partial charge in [0.15, 0.2) is 5.69 Å². The first-order valence-electron chi connectivity index (χ1n) is 6.66. The molecule has 2 rings (SSSR count). The van der Waals surface area contributed by atoms with E-state index in [1.807, 2.05) is 18.0 Å². The summed E-state index contributed by atoms with van der Waals surface area (Å²) in [6.07, 6.45) is 3.86. The zero-order valence-corrected chi connectivity index (χ0v) is 11.5. The average molecular weight is 263 g/mol. The van der Waals surface area contributed by atoms with Crippen molar-refractivity contribution >= 4 is 11.7 Å². The van der Waals surface area contributed by atoms with E-state index in [0.29, 0.717) is 11.6 Å². The average Bonchev–Trinajstić information content (AvgIpc) is 2.41. The van der Waals surface area contributed by atoms with Crippen LogP contribution < -0.4 is 4.90 Å². The summed E-state index contributed by atoms with van der Waals surface area (Å²) in [5.41, 5.74) is 0.840. The van der Waals surface area contributed by atoms with E-state index in [-0.39, 0.29) is 5.69 Å². The molecule has 0 bridgehead atoms. The highest BCUT2D eigenvalue weighted by molar-refractivity contribution is 5.92. The van der Waals surface area contributed by atoms with Crippen LogP contribution in [0.4, 0.5) is 5.69 Å². The van der Waals surface area contributed by atoms with Crippen molar-refractivity contribution in [2.75, 3.05) is 38.6 Å². The van der Waals surface area contributed by atoms with Crippen molar-refractivity contribution < 1.29 is 9.90 Å². The molecule has 1 aromatic heterocycles. The van der Waals surface area contributed by atoms with Crippen molar-refractivity contribution in [1.29, 1.82) is 0 Å². The summed E-state index contributed by atoms with van der Waals surface area (Å²) in [5, 5.41) is 9.16. The van der Waals surface area contributed by atoms with E-state index in [2.05, 4.69) is 16.9 Å². The first-order valence-corrected chi connectivity index (χ1v) is 6.66. The molecule has 2 heterocycles. The first kappa shape index (κ1) is 13.8. The van der Waals surface area contributed by atoms with Gasteiger partial charge in [0.25, 0.3) is 0 Å². The molecule has 0 spiro atoms. The lowest BCUT2D eigenvalue weighted by molar-refractivity contribution is 0.0691. The lowest BCUT2D eigenvalue weighted by atomic mass is 9.96. The molecule has 0 saturated carbocycles. The predicted molar refractivity (Wildman–Crippen MR) is 74.7 cm³/mol. The van der Waals surface area contributed by atoms with E-state index in [0.717, 1.165) is 19.6 Å². The maximum Gasteiger partial charge on any atom is 0.356 e. The van der Waals surface area contributed by atoms with Crippen LogP contribution >= 0.6 is 0 Å². The maximum absolute atomic E-state index is 11.2. The first-order chi connectivity index (χ1) is 9.08. The van der Waals surface area contributed by atoms with Crippen LogP contribution in [0.3, 0.4) is 0 Å². The number of pyridine rings is 1. The van der Waals surface area contributed by atoms with E-state index >= 15 is 0 Å². The van der Waals surface area contributed by atoms with Crippen LogP contribution in [0.1, 0.15) is 23.3 Å². The van der Waals surface area contributed by atoms with Crippen LogP contribution in [0.5, 0.6) is 0 Å². The van der Waals surface area contributed by atoms with Crippen LogP contribution in [0, 0.1) is 5.92 Å². The molecule has 5 nitrogen and oxygen atoms in total. The number of hydrogen-bond acceptors (Lipinski definition) is 4. The molecule has 1 fully saturated rings. The fourth-order valence-electron chi connectivity index (χ4n) is 2.60. The second-order valence-corrected chi connectivity index (χ2v) is 5.30. The second kappa shape index (κ2) is 6.02. The van der Waals surface area contributed by atoms with Gasteiger partial charge >= 0.3 is 5.97 Å². The molecule has 0 amide bonds. The minimum Gasteiger partial charge on any atom is -0.476 e. The quantitative estimate of drug-likeness (QED) is 0.893. The summed E-state index contributed by atoms with van der Waals surface area (Å²) in [5.74, 6) is -0.339. The Morgan fingerprint density at radius 3 is 2.84 bits per heavy atom. The third kappa shape index (κ3) is 3.44. The molecule has 19 heavy (non-hydrogen) atoms. The van der Waals surface area contributed by atoms with Gasteiger partial charge in [-0.1, -0.05) is 0 Å². The van der Waals surface area contributed by atoms with Crippen molar-refractivity contribution in [3.8, 4) is 0 Å². The van der Waals surface area contributed by atoms with E-state index in [9.17, 15) is 4.79 Å². The van der Waals surface area contributed by atoms with E-state index < -0.39 is 5.97 Å². The third-order valence-electron chi connectivity index (χ3n) is 3.77. The fourth-order valence-corrected chi connectivity index (χ4v) is 2.60. The molecular formula is C14H21N3O2. The molecule has 0 unspecified atom stereocenters. The van der Waals surface area contributed by atoms with E-state index in [1.165, 1.54) is 19.0 Å². The zero-order chi connectivity index (χ0) is 13.8. The number of nitrogens with zero attached hydrogens (tertiary/aromatic N) is 3. The van der Waals surface area contributed by atoms with Crippen molar-refractivity contribution in [3.05, 3.63) is 24.0 Å². The zero-order valence-electron chi connectivity index (χ0n) is 11.5. The third-order valence-corrected chi connectivity index (χ3v) is 3.77. The maximum atomic E-state index is 11.2. The molecule has 1 aliphatic heterocycles. The normalized spacial score (nSPS) is 17.4. The van der Waals surface area contributed by atoms with Crippen LogP contribution in [0.25, 0.3) is 0 Å². The summed E-state index contributed by atoms with van der Waals surface area (Å²) >= 11 is 0. The van der Waals surface area contributed by atoms with Gasteiger partial charge in [-0.3, -0.25) is 0 Å². The number of piperidine rings is 1. The lowest BCUT2D eigenvalue weighted by Crippen LogP contribution is -2.36. The SMILES string of the molecule is CN1CCC(CN(C)c2cccnc2C(=O)O)CC1. The minimum atomic E-state index is -0.967. The molecule has 1 saturated heterocycles. The number of carboxylic acids is 1. The van der Waals surface area contributed by atoms with Gasteiger partial charge in [0, 0.05) is 19.8 Å². The predicted octanol–water partition coefficient (Wildman–Crippen LogP) is 1.56. The summed E-state index contributed by atoms with van der Waals surface area (Å²) in [7, 11) is 4.09. The molecule has 104 valence electrons. The summed E-state index contributed by atoms with van der Waals surface area (Å²) in [6.45, 7) is 3.13. The van der Waals surface area contributed by atoms with Gasteiger partial charge in [0.1, 0.15) is 0 Å². The number of carbonyl (C=O) groups is 1. The van der Waals surface area contributed by atoms with Gasteiger partial charge in [0.05, 0.1) is 5.69 Å². The monoisotopic (exact) mass is 263 g/mol. The number of aromatic nitrogens is 1. The summed E-state index contributed by atoms with van der Waals surface area (Å²) < 4.78 is 0. The molecule has 0 atom stereocenters. The number of hydrogen-bond donors (Lipinski definition) is 1. The fraction of sp³-hybridized carbons (Fsp3) is 0.571. The van der Waals surface area contributed by atoms with Crippen LogP contribution in [-0.4, -0.2) is 54.7 Å². The Morgan fingerprint density at radius 1 is 1.53 bits per heavy atom. The molecule has 0 aliphatic carbocycles. The van der Waals surface area contributed by atoms with Gasteiger partial charge in [-0.2, -0.15) is 0 Å². The highest BCUT2D eigenvalue weighted by Crippen LogP contribution is 2.22. The van der Waals surface area contributed by atoms with Gasteiger partial charge in [-0.15, -0.1) is 0 Å². The summed E-state index contributed by atoms with van der Waals surface area (Å²) in [4.78, 5) is 19.5. The Kier molecular flexibility index (Phi) is 4.37. The summed E-state index contributed by atoms with van der Waals surface area (Å²) in [6, 6.07) is 3.61. The number of anilines is 1. The highest BCUT2D eigenvalue weighted by atomic mass is 16.4. The number of rotatable bonds is 4. The Hall–Kier alpha value is -1.62. The Balaban J connectivity index is 2.03. The lowest BCUT2D eigenvalue weighted by Gasteiger charge is -2.32. The topological polar surface area (TPSA) is 56.7 Å². The Labute approximate surface area is 113 Å². The van der Waals surface area contributed by atoms with Crippen molar-refractivity contribution in [1.82, 2.24) is 9.88 Å². The standard InChI is InChI=1S/C14H21N3O2/c1-16-8-5-11(6-9-16)10-17(2)12-4-3-7-15-13(12)14(18)19/h3-4,7,11H,5-6,8-10H2,1-2H3,(H,18,19). The molecule has 0 radical (unpaired) electrons. The van der Waals surface area contributed by atoms with Crippen molar-refractivity contribution in [3.63, 3.8) is 0 Å². The van der Waals surface area contributed by atoms with Crippen LogP contribution in [0.2, 0.25) is 0 Å². The Morgan fingerprint density at radius 2 is 2.21 bits per heavy atom. The van der Waals surface area contributed by atoms with Gasteiger partial charge in [0.2, 0.25) is 0 Å². The Bertz CT molecular complexity index is 442. The smallest absolute Gasteiger partial charge is 0.356 e. The van der Waals surface area contributed by atoms with Crippen molar-refractivity contribution in [2.24, 2.45) is 5.92 Å². The number of aromatic carboxylic acids is 1. The van der Waals surface area contributed by atoms with Gasteiger partial charge < -0.3 is 14.9 Å². The second-order valence-electron chi connectivity index (χ2n) is 5.30. The highest BCUT2D eigenvalue weighted by Gasteiger charge is 2.21. The molecule has 1 N–H and O–H groups in total. The molecule has 0 aromatic carbocycles. The number of carboxylic acid groups (broad SMARTS) is 1. The minimum absolute atomic E-state index is 0.137. The molecule has 5 heteroatoms. The van der Waals surface area contributed by atoms with Crippen molar-refractivity contribution in [2.45, 2.75) is 12.8 Å². The number of likely N-dealkylation sites (tertiary alicyclic amines) is 1.